The summed E-state index contributed by atoms with van der Waals surface area (Å²) in [6.45, 7) is 3.73. The van der Waals surface area contributed by atoms with Crippen molar-refractivity contribution in [2.75, 3.05) is 13.1 Å². The van der Waals surface area contributed by atoms with Crippen molar-refractivity contribution in [1.82, 2.24) is 10.6 Å². The van der Waals surface area contributed by atoms with Crippen LogP contribution < -0.4 is 10.6 Å². The standard InChI is InChI=1S/C11H13Cl2N3/c1-7(16-11-14-5-6-15-11)8-3-2-4-9(12)10(8)13/h2-4,7H,5-6H2,1H3,(H2,14,15,16)/t7-/m0/s1. The fourth-order valence-corrected chi connectivity index (χ4v) is 2.10. The Labute approximate surface area is 105 Å². The first-order chi connectivity index (χ1) is 7.68. The molecule has 2 rings (SSSR count). The van der Waals surface area contributed by atoms with Crippen molar-refractivity contribution < 1.29 is 0 Å². The molecule has 0 saturated heterocycles. The number of aliphatic imine (C=N–C) groups is 1. The van der Waals surface area contributed by atoms with Crippen LogP contribution in [0.15, 0.2) is 23.2 Å². The minimum absolute atomic E-state index is 0.0792. The van der Waals surface area contributed by atoms with E-state index in [1.807, 2.05) is 19.1 Å². The summed E-state index contributed by atoms with van der Waals surface area (Å²) < 4.78 is 0. The number of guanidine groups is 1. The van der Waals surface area contributed by atoms with Gasteiger partial charge in [0.25, 0.3) is 0 Å². The third-order valence-corrected chi connectivity index (χ3v) is 3.31. The summed E-state index contributed by atoms with van der Waals surface area (Å²) in [6, 6.07) is 5.72. The molecule has 0 aromatic heterocycles. The third-order valence-electron chi connectivity index (χ3n) is 2.48. The molecule has 1 aliphatic rings. The Morgan fingerprint density at radius 2 is 2.25 bits per heavy atom. The normalized spacial score (nSPS) is 16.6. The van der Waals surface area contributed by atoms with E-state index in [2.05, 4.69) is 15.6 Å². The Kier molecular flexibility index (Phi) is 3.56. The molecule has 0 radical (unpaired) electrons. The molecule has 0 saturated carbocycles. The van der Waals surface area contributed by atoms with Gasteiger partial charge >= 0.3 is 0 Å². The Morgan fingerprint density at radius 1 is 1.44 bits per heavy atom. The summed E-state index contributed by atoms with van der Waals surface area (Å²) in [4.78, 5) is 4.27. The van der Waals surface area contributed by atoms with Gasteiger partial charge in [0.05, 0.1) is 22.6 Å². The summed E-state index contributed by atoms with van der Waals surface area (Å²) >= 11 is 12.1. The zero-order valence-corrected chi connectivity index (χ0v) is 10.4. The van der Waals surface area contributed by atoms with Gasteiger partial charge in [0.15, 0.2) is 5.96 Å². The zero-order valence-electron chi connectivity index (χ0n) is 8.93. The van der Waals surface area contributed by atoms with E-state index in [-0.39, 0.29) is 6.04 Å². The predicted molar refractivity (Wildman–Crippen MR) is 68.3 cm³/mol. The molecule has 1 aromatic rings. The van der Waals surface area contributed by atoms with E-state index < -0.39 is 0 Å². The van der Waals surface area contributed by atoms with E-state index in [0.717, 1.165) is 24.6 Å². The Bertz CT molecular complexity index is 418. The molecule has 0 unspecified atom stereocenters. The first-order valence-electron chi connectivity index (χ1n) is 5.17. The van der Waals surface area contributed by atoms with E-state index in [4.69, 9.17) is 23.2 Å². The number of benzene rings is 1. The molecule has 86 valence electrons. The van der Waals surface area contributed by atoms with Gasteiger partial charge in [0, 0.05) is 6.54 Å². The van der Waals surface area contributed by atoms with Crippen molar-refractivity contribution in [3.05, 3.63) is 33.8 Å². The number of nitrogens with one attached hydrogen (secondary N) is 2. The number of nitrogens with zero attached hydrogens (tertiary/aromatic N) is 1. The quantitative estimate of drug-likeness (QED) is 0.855. The Hall–Kier alpha value is -0.930. The lowest BCUT2D eigenvalue weighted by molar-refractivity contribution is 0.702. The van der Waals surface area contributed by atoms with Gasteiger partial charge in [-0.3, -0.25) is 4.99 Å². The van der Waals surface area contributed by atoms with E-state index in [0.29, 0.717) is 10.0 Å². The minimum atomic E-state index is 0.0792. The van der Waals surface area contributed by atoms with Gasteiger partial charge in [0.1, 0.15) is 0 Å². The van der Waals surface area contributed by atoms with E-state index in [1.165, 1.54) is 0 Å². The van der Waals surface area contributed by atoms with Gasteiger partial charge in [-0.05, 0) is 18.6 Å². The second-order valence-corrected chi connectivity index (χ2v) is 4.45. The Balaban J connectivity index is 2.14. The van der Waals surface area contributed by atoms with Crippen LogP contribution in [0.1, 0.15) is 18.5 Å². The first-order valence-corrected chi connectivity index (χ1v) is 5.93. The van der Waals surface area contributed by atoms with Crippen molar-refractivity contribution in [2.45, 2.75) is 13.0 Å². The van der Waals surface area contributed by atoms with Crippen molar-refractivity contribution in [3.63, 3.8) is 0 Å². The SMILES string of the molecule is C[C@H](NC1=NCCN1)c1cccc(Cl)c1Cl. The first kappa shape index (κ1) is 11.6. The Morgan fingerprint density at radius 3 is 2.94 bits per heavy atom. The van der Waals surface area contributed by atoms with Gasteiger partial charge in [-0.25, -0.2) is 0 Å². The summed E-state index contributed by atoms with van der Waals surface area (Å²) in [7, 11) is 0. The molecule has 0 bridgehead atoms. The minimum Gasteiger partial charge on any atom is -0.355 e. The van der Waals surface area contributed by atoms with Crippen LogP contribution in [-0.2, 0) is 0 Å². The lowest BCUT2D eigenvalue weighted by atomic mass is 10.1. The fraction of sp³-hybridized carbons (Fsp3) is 0.364. The maximum absolute atomic E-state index is 6.14. The molecule has 1 atom stereocenters. The largest absolute Gasteiger partial charge is 0.355 e. The van der Waals surface area contributed by atoms with Gasteiger partial charge in [-0.2, -0.15) is 0 Å². The lowest BCUT2D eigenvalue weighted by Crippen LogP contribution is -2.35. The molecule has 1 aromatic carbocycles. The van der Waals surface area contributed by atoms with Crippen LogP contribution in [0.2, 0.25) is 10.0 Å². The molecule has 1 aliphatic heterocycles. The monoisotopic (exact) mass is 257 g/mol. The average Bonchev–Trinajstić information content (AvgIpc) is 2.74. The molecular weight excluding hydrogens is 245 g/mol. The van der Waals surface area contributed by atoms with E-state index in [1.54, 1.807) is 6.07 Å². The number of halogens is 2. The van der Waals surface area contributed by atoms with Gasteiger partial charge in [0.2, 0.25) is 0 Å². The highest BCUT2D eigenvalue weighted by Gasteiger charge is 2.14. The second-order valence-electron chi connectivity index (χ2n) is 3.67. The highest BCUT2D eigenvalue weighted by molar-refractivity contribution is 6.42. The summed E-state index contributed by atoms with van der Waals surface area (Å²) in [5.74, 6) is 0.823. The third kappa shape index (κ3) is 2.42. The van der Waals surface area contributed by atoms with Gasteiger partial charge in [-0.1, -0.05) is 35.3 Å². The van der Waals surface area contributed by atoms with Crippen LogP contribution in [0.4, 0.5) is 0 Å². The molecule has 0 fully saturated rings. The van der Waals surface area contributed by atoms with Gasteiger partial charge < -0.3 is 10.6 Å². The van der Waals surface area contributed by atoms with Crippen molar-refractivity contribution in [1.29, 1.82) is 0 Å². The second kappa shape index (κ2) is 4.93. The maximum atomic E-state index is 6.14. The number of hydrogen-bond donors (Lipinski definition) is 2. The van der Waals surface area contributed by atoms with Crippen LogP contribution in [0.25, 0.3) is 0 Å². The summed E-state index contributed by atoms with van der Waals surface area (Å²) in [6.07, 6.45) is 0. The van der Waals surface area contributed by atoms with Crippen LogP contribution in [0.3, 0.4) is 0 Å². The smallest absolute Gasteiger partial charge is 0.191 e. The van der Waals surface area contributed by atoms with Crippen LogP contribution in [-0.4, -0.2) is 19.0 Å². The molecule has 16 heavy (non-hydrogen) atoms. The van der Waals surface area contributed by atoms with Crippen molar-refractivity contribution in [3.8, 4) is 0 Å². The van der Waals surface area contributed by atoms with Crippen molar-refractivity contribution >= 4 is 29.2 Å². The highest BCUT2D eigenvalue weighted by atomic mass is 35.5. The summed E-state index contributed by atoms with van der Waals surface area (Å²) in [5.41, 5.74) is 0.977. The number of hydrogen-bond acceptors (Lipinski definition) is 3. The molecule has 0 amide bonds. The van der Waals surface area contributed by atoms with Gasteiger partial charge in [-0.15, -0.1) is 0 Å². The highest BCUT2D eigenvalue weighted by Crippen LogP contribution is 2.29. The molecule has 2 N–H and O–H groups in total. The average molecular weight is 258 g/mol. The van der Waals surface area contributed by atoms with Crippen LogP contribution in [0.5, 0.6) is 0 Å². The topological polar surface area (TPSA) is 36.4 Å². The number of rotatable bonds is 2. The van der Waals surface area contributed by atoms with E-state index in [9.17, 15) is 0 Å². The van der Waals surface area contributed by atoms with Crippen molar-refractivity contribution in [2.24, 2.45) is 4.99 Å². The molecule has 0 spiro atoms. The molecule has 3 nitrogen and oxygen atoms in total. The van der Waals surface area contributed by atoms with Crippen LogP contribution >= 0.6 is 23.2 Å². The molecule has 1 heterocycles. The lowest BCUT2D eigenvalue weighted by Gasteiger charge is -2.17. The van der Waals surface area contributed by atoms with E-state index >= 15 is 0 Å². The summed E-state index contributed by atoms with van der Waals surface area (Å²) in [5, 5.41) is 7.59. The molecule has 5 heteroatoms. The molecule has 0 aliphatic carbocycles. The maximum Gasteiger partial charge on any atom is 0.191 e. The zero-order chi connectivity index (χ0) is 11.5. The predicted octanol–water partition coefficient (Wildman–Crippen LogP) is 2.60. The fourth-order valence-electron chi connectivity index (χ4n) is 1.63. The molecular formula is C11H13Cl2N3. The van der Waals surface area contributed by atoms with Crippen LogP contribution in [0, 0.1) is 0 Å².